The molecule has 1 aromatic rings. The number of halogens is 4. The first-order valence-corrected chi connectivity index (χ1v) is 8.07. The van der Waals surface area contributed by atoms with Gasteiger partial charge in [-0.1, -0.05) is 18.5 Å². The molecular formula is C12H17BrClF2NOS. The van der Waals surface area contributed by atoms with Crippen molar-refractivity contribution in [2.45, 2.75) is 32.2 Å². The molecule has 0 radical (unpaired) electrons. The first-order valence-electron chi connectivity index (χ1n) is 6.08. The van der Waals surface area contributed by atoms with E-state index in [0.29, 0.717) is 18.1 Å². The molecule has 0 spiro atoms. The van der Waals surface area contributed by atoms with E-state index in [1.54, 1.807) is 11.3 Å². The predicted octanol–water partition coefficient (Wildman–Crippen LogP) is 4.88. The summed E-state index contributed by atoms with van der Waals surface area (Å²) < 4.78 is 29.8. The van der Waals surface area contributed by atoms with Crippen LogP contribution in [0.3, 0.4) is 0 Å². The van der Waals surface area contributed by atoms with Crippen LogP contribution in [0.2, 0.25) is 5.02 Å². The van der Waals surface area contributed by atoms with Gasteiger partial charge in [-0.2, -0.15) is 0 Å². The Hall–Kier alpha value is 0.250. The highest BCUT2D eigenvalue weighted by Crippen LogP contribution is 2.36. The van der Waals surface area contributed by atoms with Crippen LogP contribution in [0.4, 0.5) is 8.78 Å². The molecule has 0 fully saturated rings. The zero-order valence-corrected chi connectivity index (χ0v) is 13.8. The van der Waals surface area contributed by atoms with Crippen LogP contribution >= 0.6 is 38.9 Å². The van der Waals surface area contributed by atoms with Gasteiger partial charge >= 0.3 is 0 Å². The van der Waals surface area contributed by atoms with Gasteiger partial charge < -0.3 is 10.1 Å². The van der Waals surface area contributed by atoms with E-state index in [4.69, 9.17) is 16.3 Å². The van der Waals surface area contributed by atoms with Crippen LogP contribution in [0.15, 0.2) is 9.85 Å². The van der Waals surface area contributed by atoms with E-state index in [-0.39, 0.29) is 6.04 Å². The molecular weight excluding hydrogens is 360 g/mol. The van der Waals surface area contributed by atoms with Gasteiger partial charge in [-0.25, -0.2) is 8.78 Å². The lowest BCUT2D eigenvalue weighted by Gasteiger charge is -2.17. The van der Waals surface area contributed by atoms with Crippen molar-refractivity contribution in [3.05, 3.63) is 19.8 Å². The fourth-order valence-electron chi connectivity index (χ4n) is 1.57. The van der Waals surface area contributed by atoms with E-state index in [9.17, 15) is 8.78 Å². The topological polar surface area (TPSA) is 21.3 Å². The molecule has 110 valence electrons. The predicted molar refractivity (Wildman–Crippen MR) is 79.5 cm³/mol. The molecule has 1 heterocycles. The van der Waals surface area contributed by atoms with E-state index in [0.717, 1.165) is 21.6 Å². The van der Waals surface area contributed by atoms with Gasteiger partial charge in [0, 0.05) is 17.5 Å². The summed E-state index contributed by atoms with van der Waals surface area (Å²) in [7, 11) is 0. The summed E-state index contributed by atoms with van der Waals surface area (Å²) in [6.07, 6.45) is -0.752. The van der Waals surface area contributed by atoms with E-state index in [1.165, 1.54) is 0 Å². The van der Waals surface area contributed by atoms with Crippen LogP contribution in [-0.2, 0) is 4.74 Å². The van der Waals surface area contributed by atoms with Crippen LogP contribution in [-0.4, -0.2) is 26.2 Å². The second kappa shape index (κ2) is 9.23. The molecule has 1 aromatic heterocycles. The number of hydrogen-bond acceptors (Lipinski definition) is 3. The van der Waals surface area contributed by atoms with Crippen molar-refractivity contribution in [3.8, 4) is 0 Å². The minimum absolute atomic E-state index is 0.0893. The Morgan fingerprint density at radius 2 is 2.26 bits per heavy atom. The van der Waals surface area contributed by atoms with E-state index < -0.39 is 13.0 Å². The van der Waals surface area contributed by atoms with Crippen molar-refractivity contribution in [1.29, 1.82) is 0 Å². The van der Waals surface area contributed by atoms with Crippen molar-refractivity contribution in [3.63, 3.8) is 0 Å². The van der Waals surface area contributed by atoms with Crippen molar-refractivity contribution < 1.29 is 13.5 Å². The molecule has 0 bridgehead atoms. The smallest absolute Gasteiger partial charge is 0.261 e. The van der Waals surface area contributed by atoms with Gasteiger partial charge in [0.05, 0.1) is 8.81 Å². The van der Waals surface area contributed by atoms with Crippen LogP contribution in [0, 0.1) is 0 Å². The van der Waals surface area contributed by atoms with Crippen molar-refractivity contribution in [2.24, 2.45) is 0 Å². The molecule has 0 saturated heterocycles. The lowest BCUT2D eigenvalue weighted by Crippen LogP contribution is -2.23. The standard InChI is InChI=1S/C12H17BrClF2NOS/c1-2-4-17-9(3-5-18-7-11(15)16)10-6-8(14)12(13)19-10/h6,9,11,17H,2-5,7H2,1H3. The monoisotopic (exact) mass is 375 g/mol. The Kier molecular flexibility index (Phi) is 8.41. The lowest BCUT2D eigenvalue weighted by atomic mass is 10.1. The Labute approximate surface area is 129 Å². The molecule has 1 unspecified atom stereocenters. The second-order valence-corrected chi connectivity index (χ2v) is 6.84. The van der Waals surface area contributed by atoms with E-state index in [1.807, 2.05) is 6.07 Å². The van der Waals surface area contributed by atoms with Crippen molar-refractivity contribution in [2.75, 3.05) is 19.8 Å². The lowest BCUT2D eigenvalue weighted by molar-refractivity contribution is 0.0144. The SMILES string of the molecule is CCCNC(CCOCC(F)F)c1cc(Cl)c(Br)s1. The Balaban J connectivity index is 2.51. The maximum Gasteiger partial charge on any atom is 0.261 e. The molecule has 0 aliphatic carbocycles. The average Bonchev–Trinajstić information content (AvgIpc) is 2.68. The van der Waals surface area contributed by atoms with Gasteiger partial charge in [0.25, 0.3) is 6.43 Å². The third kappa shape index (κ3) is 6.49. The Morgan fingerprint density at radius 3 is 2.79 bits per heavy atom. The molecule has 0 saturated carbocycles. The summed E-state index contributed by atoms with van der Waals surface area (Å²) in [6.45, 7) is 2.75. The first-order chi connectivity index (χ1) is 9.04. The van der Waals surface area contributed by atoms with Gasteiger partial charge in [0.2, 0.25) is 0 Å². The summed E-state index contributed by atoms with van der Waals surface area (Å²) >= 11 is 11.0. The number of alkyl halides is 2. The van der Waals surface area contributed by atoms with E-state index in [2.05, 4.69) is 28.2 Å². The van der Waals surface area contributed by atoms with E-state index >= 15 is 0 Å². The minimum Gasteiger partial charge on any atom is -0.375 e. The Bertz CT molecular complexity index is 359. The quantitative estimate of drug-likeness (QED) is 0.620. The first kappa shape index (κ1) is 17.3. The number of hydrogen-bond donors (Lipinski definition) is 1. The number of thiophene rings is 1. The number of ether oxygens (including phenoxy) is 1. The molecule has 0 aliphatic heterocycles. The average molecular weight is 377 g/mol. The molecule has 1 atom stereocenters. The van der Waals surface area contributed by atoms with Crippen LogP contribution in [0.5, 0.6) is 0 Å². The molecule has 0 amide bonds. The molecule has 19 heavy (non-hydrogen) atoms. The fourth-order valence-corrected chi connectivity index (χ4v) is 3.43. The maximum absolute atomic E-state index is 12.0. The maximum atomic E-state index is 12.0. The summed E-state index contributed by atoms with van der Waals surface area (Å²) in [6, 6.07) is 1.99. The van der Waals surface area contributed by atoms with Crippen LogP contribution in [0.25, 0.3) is 0 Å². The molecule has 1 N–H and O–H groups in total. The third-order valence-electron chi connectivity index (χ3n) is 2.44. The summed E-state index contributed by atoms with van der Waals surface area (Å²) in [4.78, 5) is 1.09. The van der Waals surface area contributed by atoms with Gasteiger partial charge in [-0.3, -0.25) is 0 Å². The molecule has 7 heteroatoms. The molecule has 1 rings (SSSR count). The van der Waals surface area contributed by atoms with Crippen LogP contribution in [0.1, 0.15) is 30.7 Å². The van der Waals surface area contributed by atoms with Gasteiger partial charge in [-0.15, -0.1) is 11.3 Å². The number of rotatable bonds is 9. The van der Waals surface area contributed by atoms with Gasteiger partial charge in [0.15, 0.2) is 0 Å². The Morgan fingerprint density at radius 1 is 1.53 bits per heavy atom. The molecule has 2 nitrogen and oxygen atoms in total. The highest BCUT2D eigenvalue weighted by molar-refractivity contribution is 9.11. The molecule has 0 aromatic carbocycles. The fraction of sp³-hybridized carbons (Fsp3) is 0.667. The summed E-state index contributed by atoms with van der Waals surface area (Å²) in [5.74, 6) is 0. The number of nitrogens with one attached hydrogen (secondary N) is 1. The summed E-state index contributed by atoms with van der Waals surface area (Å²) in [5, 5.41) is 4.06. The summed E-state index contributed by atoms with van der Waals surface area (Å²) in [5.41, 5.74) is 0. The highest BCUT2D eigenvalue weighted by atomic mass is 79.9. The largest absolute Gasteiger partial charge is 0.375 e. The van der Waals surface area contributed by atoms with Crippen molar-refractivity contribution >= 4 is 38.9 Å². The zero-order valence-electron chi connectivity index (χ0n) is 10.6. The van der Waals surface area contributed by atoms with Crippen LogP contribution < -0.4 is 5.32 Å². The zero-order chi connectivity index (χ0) is 14.3. The highest BCUT2D eigenvalue weighted by Gasteiger charge is 2.15. The van der Waals surface area contributed by atoms with Gasteiger partial charge in [-0.05, 0) is 41.4 Å². The second-order valence-electron chi connectivity index (χ2n) is 4.03. The molecule has 0 aliphatic rings. The third-order valence-corrected chi connectivity index (χ3v) is 5.03. The van der Waals surface area contributed by atoms with Crippen molar-refractivity contribution in [1.82, 2.24) is 5.32 Å². The minimum atomic E-state index is -2.41. The normalized spacial score (nSPS) is 13.2. The van der Waals surface area contributed by atoms with Gasteiger partial charge in [0.1, 0.15) is 6.61 Å².